The van der Waals surface area contributed by atoms with Gasteiger partial charge in [0.2, 0.25) is 0 Å². The number of para-hydroxylation sites is 1. The average Bonchev–Trinajstić information content (AvgIpc) is 2.72. The smallest absolute Gasteiger partial charge is 0.417 e. The number of carbonyl (C=O) groups is 2. The van der Waals surface area contributed by atoms with Gasteiger partial charge in [-0.1, -0.05) is 36.4 Å². The SMILES string of the molecule is COC(=O)[C@H](Cc1ccc2ccccc2n1)NC(=O)c1ccccc1C(F)(F)F. The number of amides is 1. The van der Waals surface area contributed by atoms with Crippen LogP contribution in [0.3, 0.4) is 0 Å². The second kappa shape index (κ2) is 8.30. The molecule has 0 saturated heterocycles. The first-order chi connectivity index (χ1) is 13.8. The monoisotopic (exact) mass is 402 g/mol. The normalized spacial score (nSPS) is 12.4. The predicted molar refractivity (Wildman–Crippen MR) is 100 cm³/mol. The van der Waals surface area contributed by atoms with E-state index < -0.39 is 35.2 Å². The summed E-state index contributed by atoms with van der Waals surface area (Å²) in [6.45, 7) is 0. The summed E-state index contributed by atoms with van der Waals surface area (Å²) in [6.07, 6.45) is -4.73. The summed E-state index contributed by atoms with van der Waals surface area (Å²) < 4.78 is 44.3. The molecule has 3 aromatic rings. The van der Waals surface area contributed by atoms with Gasteiger partial charge in [-0.3, -0.25) is 9.78 Å². The Labute approximate surface area is 164 Å². The highest BCUT2D eigenvalue weighted by atomic mass is 19.4. The number of fused-ring (bicyclic) bond motifs is 1. The van der Waals surface area contributed by atoms with E-state index in [9.17, 15) is 22.8 Å². The molecule has 1 aromatic heterocycles. The molecule has 0 fully saturated rings. The summed E-state index contributed by atoms with van der Waals surface area (Å²) in [5.41, 5.74) is -0.462. The van der Waals surface area contributed by atoms with Crippen molar-refractivity contribution in [1.82, 2.24) is 10.3 Å². The Morgan fingerprint density at radius 1 is 1.03 bits per heavy atom. The molecule has 1 atom stereocenters. The largest absolute Gasteiger partial charge is 0.467 e. The minimum Gasteiger partial charge on any atom is -0.467 e. The molecule has 2 aromatic carbocycles. The van der Waals surface area contributed by atoms with Gasteiger partial charge in [-0.05, 0) is 24.3 Å². The van der Waals surface area contributed by atoms with E-state index in [0.717, 1.165) is 24.6 Å². The number of nitrogens with zero attached hydrogens (tertiary/aromatic N) is 1. The summed E-state index contributed by atoms with van der Waals surface area (Å²) in [5, 5.41) is 3.24. The molecule has 1 heterocycles. The number of esters is 1. The fraction of sp³-hybridized carbons (Fsp3) is 0.190. The van der Waals surface area contributed by atoms with Crippen LogP contribution in [-0.2, 0) is 22.1 Å². The highest BCUT2D eigenvalue weighted by Gasteiger charge is 2.35. The Balaban J connectivity index is 1.86. The number of methoxy groups -OCH3 is 1. The Hall–Kier alpha value is -3.42. The molecule has 8 heteroatoms. The van der Waals surface area contributed by atoms with Gasteiger partial charge in [-0.25, -0.2) is 4.79 Å². The van der Waals surface area contributed by atoms with E-state index in [1.807, 2.05) is 24.3 Å². The fourth-order valence-corrected chi connectivity index (χ4v) is 2.93. The number of halogens is 3. The molecule has 1 amide bonds. The molecule has 0 radical (unpaired) electrons. The van der Waals surface area contributed by atoms with Gasteiger partial charge in [-0.2, -0.15) is 13.2 Å². The summed E-state index contributed by atoms with van der Waals surface area (Å²) in [5.74, 6) is -1.80. The highest BCUT2D eigenvalue weighted by Crippen LogP contribution is 2.31. The minimum absolute atomic E-state index is 0.0303. The van der Waals surface area contributed by atoms with E-state index >= 15 is 0 Å². The molecule has 0 aliphatic carbocycles. The fourth-order valence-electron chi connectivity index (χ4n) is 2.93. The molecule has 5 nitrogen and oxygen atoms in total. The third-order valence-electron chi connectivity index (χ3n) is 4.34. The van der Waals surface area contributed by atoms with E-state index in [4.69, 9.17) is 4.74 Å². The number of rotatable bonds is 5. The van der Waals surface area contributed by atoms with Crippen molar-refractivity contribution in [3.63, 3.8) is 0 Å². The number of carbonyl (C=O) groups excluding carboxylic acids is 2. The van der Waals surface area contributed by atoms with E-state index in [0.29, 0.717) is 11.2 Å². The van der Waals surface area contributed by atoms with Gasteiger partial charge in [0, 0.05) is 17.5 Å². The lowest BCUT2D eigenvalue weighted by Gasteiger charge is -2.18. The maximum atomic E-state index is 13.2. The van der Waals surface area contributed by atoms with Crippen LogP contribution < -0.4 is 5.32 Å². The lowest BCUT2D eigenvalue weighted by Crippen LogP contribution is -2.43. The Morgan fingerprint density at radius 2 is 1.72 bits per heavy atom. The van der Waals surface area contributed by atoms with Crippen molar-refractivity contribution >= 4 is 22.8 Å². The van der Waals surface area contributed by atoms with Gasteiger partial charge in [0.15, 0.2) is 0 Å². The van der Waals surface area contributed by atoms with Crippen LogP contribution in [0.2, 0.25) is 0 Å². The van der Waals surface area contributed by atoms with Gasteiger partial charge in [0.25, 0.3) is 5.91 Å². The van der Waals surface area contributed by atoms with Crippen molar-refractivity contribution in [1.29, 1.82) is 0 Å². The zero-order valence-electron chi connectivity index (χ0n) is 15.4. The number of ether oxygens (including phenoxy) is 1. The van der Waals surface area contributed by atoms with Crippen LogP contribution in [0, 0.1) is 0 Å². The standard InChI is InChI=1S/C21H17F3N2O3/c1-29-20(28)18(12-14-11-10-13-6-2-5-9-17(13)25-14)26-19(27)15-7-3-4-8-16(15)21(22,23)24/h2-11,18H,12H2,1H3,(H,26,27)/t18-/m0/s1. The highest BCUT2D eigenvalue weighted by molar-refractivity contribution is 5.98. The van der Waals surface area contributed by atoms with E-state index in [2.05, 4.69) is 10.3 Å². The summed E-state index contributed by atoms with van der Waals surface area (Å²) in [7, 11) is 1.14. The molecule has 3 rings (SSSR count). The number of hydrogen-bond donors (Lipinski definition) is 1. The molecule has 0 bridgehead atoms. The summed E-state index contributed by atoms with van der Waals surface area (Å²) in [4.78, 5) is 29.1. The van der Waals surface area contributed by atoms with Gasteiger partial charge >= 0.3 is 12.1 Å². The topological polar surface area (TPSA) is 68.3 Å². The molecular formula is C21H17F3N2O3. The van der Waals surface area contributed by atoms with Crippen LogP contribution in [0.25, 0.3) is 10.9 Å². The minimum atomic E-state index is -4.70. The number of benzene rings is 2. The lowest BCUT2D eigenvalue weighted by molar-refractivity contribution is -0.142. The van der Waals surface area contributed by atoms with Crippen LogP contribution in [0.4, 0.5) is 13.2 Å². The third kappa shape index (κ3) is 4.71. The van der Waals surface area contributed by atoms with Gasteiger partial charge in [-0.15, -0.1) is 0 Å². The number of hydrogen-bond acceptors (Lipinski definition) is 4. The van der Waals surface area contributed by atoms with Gasteiger partial charge in [0.05, 0.1) is 23.8 Å². The average molecular weight is 402 g/mol. The first-order valence-electron chi connectivity index (χ1n) is 8.69. The Morgan fingerprint density at radius 3 is 2.45 bits per heavy atom. The lowest BCUT2D eigenvalue weighted by atomic mass is 10.0. The maximum Gasteiger partial charge on any atom is 0.417 e. The van der Waals surface area contributed by atoms with Crippen molar-refractivity contribution in [2.24, 2.45) is 0 Å². The van der Waals surface area contributed by atoms with Gasteiger partial charge in [0.1, 0.15) is 6.04 Å². The molecule has 0 aliphatic heterocycles. The van der Waals surface area contributed by atoms with Crippen molar-refractivity contribution in [3.05, 3.63) is 77.5 Å². The van der Waals surface area contributed by atoms with Gasteiger partial charge < -0.3 is 10.1 Å². The van der Waals surface area contributed by atoms with E-state index in [1.165, 1.54) is 12.1 Å². The third-order valence-corrected chi connectivity index (χ3v) is 4.34. The first-order valence-corrected chi connectivity index (χ1v) is 8.69. The zero-order valence-corrected chi connectivity index (χ0v) is 15.4. The molecule has 0 saturated carbocycles. The Kier molecular flexibility index (Phi) is 5.81. The van der Waals surface area contributed by atoms with Crippen LogP contribution in [0.1, 0.15) is 21.6 Å². The Bertz CT molecular complexity index is 1050. The van der Waals surface area contributed by atoms with Crippen LogP contribution in [-0.4, -0.2) is 30.0 Å². The predicted octanol–water partition coefficient (Wildman–Crippen LogP) is 3.77. The van der Waals surface area contributed by atoms with Crippen molar-refractivity contribution in [2.45, 2.75) is 18.6 Å². The van der Waals surface area contributed by atoms with Crippen molar-refractivity contribution in [2.75, 3.05) is 7.11 Å². The van der Waals surface area contributed by atoms with Crippen LogP contribution >= 0.6 is 0 Å². The first kappa shape index (κ1) is 20.3. The van der Waals surface area contributed by atoms with E-state index in [-0.39, 0.29) is 6.42 Å². The molecule has 150 valence electrons. The summed E-state index contributed by atoms with van der Waals surface area (Å²) >= 11 is 0. The van der Waals surface area contributed by atoms with Crippen LogP contribution in [0.5, 0.6) is 0 Å². The molecule has 0 spiro atoms. The molecule has 0 aliphatic rings. The number of alkyl halides is 3. The number of nitrogens with one attached hydrogen (secondary N) is 1. The maximum absolute atomic E-state index is 13.2. The molecular weight excluding hydrogens is 385 g/mol. The number of aromatic nitrogens is 1. The molecule has 0 unspecified atom stereocenters. The van der Waals surface area contributed by atoms with Crippen molar-refractivity contribution < 1.29 is 27.5 Å². The molecule has 29 heavy (non-hydrogen) atoms. The van der Waals surface area contributed by atoms with E-state index in [1.54, 1.807) is 12.1 Å². The zero-order chi connectivity index (χ0) is 21.0. The second-order valence-electron chi connectivity index (χ2n) is 6.29. The summed E-state index contributed by atoms with van der Waals surface area (Å²) in [6, 6.07) is 14.0. The van der Waals surface area contributed by atoms with Crippen LogP contribution in [0.15, 0.2) is 60.7 Å². The molecule has 1 N–H and O–H groups in total. The number of pyridine rings is 1. The quantitative estimate of drug-likeness (QED) is 0.660. The second-order valence-corrected chi connectivity index (χ2v) is 6.29. The van der Waals surface area contributed by atoms with Crippen molar-refractivity contribution in [3.8, 4) is 0 Å².